The fraction of sp³-hybridized carbons (Fsp3) is 0.818. The molecule has 1 aromatic heterocycles. The van der Waals surface area contributed by atoms with Crippen molar-refractivity contribution in [1.29, 1.82) is 0 Å². The van der Waals surface area contributed by atoms with E-state index < -0.39 is 12.8 Å². The molecule has 1 heterocycles. The number of hydrogen-bond acceptors (Lipinski definition) is 5. The molecule has 5 nitrogen and oxygen atoms in total. The largest absolute Gasteiger partial charge is 0.411 e. The lowest BCUT2D eigenvalue weighted by Gasteiger charge is -2.18. The van der Waals surface area contributed by atoms with E-state index in [9.17, 15) is 13.2 Å². The lowest BCUT2D eigenvalue weighted by atomic mass is 10.00. The Morgan fingerprint density at radius 1 is 1.42 bits per heavy atom. The molecular formula is C11H18F3N3O2. The molecule has 19 heavy (non-hydrogen) atoms. The zero-order chi connectivity index (χ0) is 14.5. The fourth-order valence-electron chi connectivity index (χ4n) is 1.75. The highest BCUT2D eigenvalue weighted by molar-refractivity contribution is 4.96. The van der Waals surface area contributed by atoms with E-state index in [0.29, 0.717) is 5.89 Å². The van der Waals surface area contributed by atoms with Crippen LogP contribution < -0.4 is 5.32 Å². The van der Waals surface area contributed by atoms with Gasteiger partial charge >= 0.3 is 6.18 Å². The topological polar surface area (TPSA) is 60.2 Å². The molecule has 1 N–H and O–H groups in total. The lowest BCUT2D eigenvalue weighted by molar-refractivity contribution is -0.177. The normalized spacial score (nSPS) is 15.5. The van der Waals surface area contributed by atoms with Gasteiger partial charge in [0.05, 0.1) is 5.92 Å². The summed E-state index contributed by atoms with van der Waals surface area (Å²) in [4.78, 5) is 4.04. The Morgan fingerprint density at radius 2 is 2.11 bits per heavy atom. The number of aromatic nitrogens is 2. The van der Waals surface area contributed by atoms with Crippen LogP contribution in [0.4, 0.5) is 13.2 Å². The van der Waals surface area contributed by atoms with Crippen molar-refractivity contribution in [3.05, 3.63) is 11.7 Å². The minimum absolute atomic E-state index is 0.0149. The molecule has 110 valence electrons. The Kier molecular flexibility index (Phi) is 5.74. The van der Waals surface area contributed by atoms with E-state index in [4.69, 9.17) is 4.52 Å². The van der Waals surface area contributed by atoms with Gasteiger partial charge in [0.2, 0.25) is 5.89 Å². The molecule has 1 aromatic rings. The van der Waals surface area contributed by atoms with Crippen molar-refractivity contribution in [3.8, 4) is 0 Å². The molecule has 0 aromatic carbocycles. The summed E-state index contributed by atoms with van der Waals surface area (Å²) in [5.74, 6) is 0.503. The van der Waals surface area contributed by atoms with Crippen molar-refractivity contribution >= 4 is 0 Å². The summed E-state index contributed by atoms with van der Waals surface area (Å²) in [7, 11) is 1.83. The van der Waals surface area contributed by atoms with E-state index >= 15 is 0 Å². The van der Waals surface area contributed by atoms with Crippen molar-refractivity contribution in [2.75, 3.05) is 13.7 Å². The maximum atomic E-state index is 11.9. The molecule has 0 aliphatic rings. The standard InChI is InChI=1S/C11H18F3N3O2/c1-4-8(15-3)7(2)10-16-9(17-19-10)5-18-6-11(12,13)14/h7-8,15H,4-6H2,1-3H3. The smallest absolute Gasteiger partial charge is 0.364 e. The van der Waals surface area contributed by atoms with Crippen LogP contribution in [0, 0.1) is 0 Å². The van der Waals surface area contributed by atoms with Gasteiger partial charge in [0, 0.05) is 6.04 Å². The molecule has 1 rings (SSSR count). The van der Waals surface area contributed by atoms with Crippen LogP contribution in [-0.2, 0) is 11.3 Å². The van der Waals surface area contributed by atoms with Crippen LogP contribution in [0.2, 0.25) is 0 Å². The summed E-state index contributed by atoms with van der Waals surface area (Å²) in [5, 5.41) is 6.72. The van der Waals surface area contributed by atoms with Gasteiger partial charge in [-0.3, -0.25) is 0 Å². The van der Waals surface area contributed by atoms with Crippen LogP contribution in [0.1, 0.15) is 37.9 Å². The van der Waals surface area contributed by atoms with Gasteiger partial charge in [0.25, 0.3) is 0 Å². The Morgan fingerprint density at radius 3 is 2.63 bits per heavy atom. The van der Waals surface area contributed by atoms with Crippen molar-refractivity contribution < 1.29 is 22.4 Å². The molecule has 0 saturated carbocycles. The van der Waals surface area contributed by atoms with E-state index in [-0.39, 0.29) is 24.4 Å². The quantitative estimate of drug-likeness (QED) is 0.830. The van der Waals surface area contributed by atoms with Crippen molar-refractivity contribution in [1.82, 2.24) is 15.5 Å². The van der Waals surface area contributed by atoms with Crippen LogP contribution in [0.25, 0.3) is 0 Å². The molecule has 8 heteroatoms. The van der Waals surface area contributed by atoms with Gasteiger partial charge < -0.3 is 14.6 Å². The number of nitrogens with zero attached hydrogens (tertiary/aromatic N) is 2. The zero-order valence-corrected chi connectivity index (χ0v) is 11.1. The van der Waals surface area contributed by atoms with Gasteiger partial charge in [-0.1, -0.05) is 19.0 Å². The van der Waals surface area contributed by atoms with E-state index in [2.05, 4.69) is 20.2 Å². The summed E-state index contributed by atoms with van der Waals surface area (Å²) in [6, 6.07) is 0.171. The van der Waals surface area contributed by atoms with Crippen LogP contribution in [-0.4, -0.2) is 36.0 Å². The number of alkyl halides is 3. The third-order valence-electron chi connectivity index (χ3n) is 2.78. The number of halogens is 3. The number of rotatable bonds is 7. The number of hydrogen-bond donors (Lipinski definition) is 1. The van der Waals surface area contributed by atoms with Gasteiger partial charge in [0.15, 0.2) is 5.82 Å². The molecule has 0 spiro atoms. The third kappa shape index (κ3) is 5.15. The molecule has 0 bridgehead atoms. The first-order valence-electron chi connectivity index (χ1n) is 6.01. The van der Waals surface area contributed by atoms with Crippen LogP contribution in [0.15, 0.2) is 4.52 Å². The maximum Gasteiger partial charge on any atom is 0.411 e. The van der Waals surface area contributed by atoms with Gasteiger partial charge in [-0.25, -0.2) is 0 Å². The monoisotopic (exact) mass is 281 g/mol. The number of nitrogens with one attached hydrogen (secondary N) is 1. The Hall–Kier alpha value is -1.15. The van der Waals surface area contributed by atoms with E-state index in [1.807, 2.05) is 20.9 Å². The highest BCUT2D eigenvalue weighted by Gasteiger charge is 2.28. The van der Waals surface area contributed by atoms with Crippen molar-refractivity contribution in [2.24, 2.45) is 0 Å². The van der Waals surface area contributed by atoms with E-state index in [1.165, 1.54) is 0 Å². The minimum Gasteiger partial charge on any atom is -0.364 e. The molecular weight excluding hydrogens is 263 g/mol. The number of ether oxygens (including phenoxy) is 1. The second kappa shape index (κ2) is 6.85. The fourth-order valence-corrected chi connectivity index (χ4v) is 1.75. The second-order valence-corrected chi connectivity index (χ2v) is 4.25. The van der Waals surface area contributed by atoms with Crippen molar-refractivity contribution in [2.45, 2.75) is 45.0 Å². The molecule has 2 unspecified atom stereocenters. The summed E-state index contributed by atoms with van der Waals surface area (Å²) in [6.45, 7) is 2.30. The molecule has 0 radical (unpaired) electrons. The van der Waals surface area contributed by atoms with E-state index in [0.717, 1.165) is 6.42 Å². The highest BCUT2D eigenvalue weighted by atomic mass is 19.4. The molecule has 0 saturated heterocycles. The SMILES string of the molecule is CCC(NC)C(C)c1nc(COCC(F)(F)F)no1. The molecule has 2 atom stereocenters. The average molecular weight is 281 g/mol. The van der Waals surface area contributed by atoms with Gasteiger partial charge in [0.1, 0.15) is 13.2 Å². The lowest BCUT2D eigenvalue weighted by Crippen LogP contribution is -2.30. The Bertz CT molecular complexity index is 378. The van der Waals surface area contributed by atoms with Crippen molar-refractivity contribution in [3.63, 3.8) is 0 Å². The van der Waals surface area contributed by atoms with Crippen LogP contribution >= 0.6 is 0 Å². The van der Waals surface area contributed by atoms with Crippen LogP contribution in [0.3, 0.4) is 0 Å². The Balaban J connectivity index is 2.52. The zero-order valence-electron chi connectivity index (χ0n) is 11.1. The van der Waals surface area contributed by atoms with Gasteiger partial charge in [-0.05, 0) is 13.5 Å². The first-order chi connectivity index (χ1) is 8.87. The predicted molar refractivity (Wildman–Crippen MR) is 61.6 cm³/mol. The number of likely N-dealkylation sites (N-methyl/N-ethyl adjacent to an activating group) is 1. The minimum atomic E-state index is -4.35. The maximum absolute atomic E-state index is 11.9. The van der Waals surface area contributed by atoms with Gasteiger partial charge in [-0.2, -0.15) is 18.2 Å². The molecule has 0 aliphatic heterocycles. The predicted octanol–water partition coefficient (Wildman–Crippen LogP) is 2.25. The molecule has 0 fully saturated rings. The average Bonchev–Trinajstić information content (AvgIpc) is 2.77. The van der Waals surface area contributed by atoms with Crippen LogP contribution in [0.5, 0.6) is 0 Å². The summed E-state index contributed by atoms with van der Waals surface area (Å²) in [5.41, 5.74) is 0. The third-order valence-corrected chi connectivity index (χ3v) is 2.78. The highest BCUT2D eigenvalue weighted by Crippen LogP contribution is 2.20. The Labute approximate surface area is 109 Å². The molecule has 0 amide bonds. The first kappa shape index (κ1) is 15.9. The van der Waals surface area contributed by atoms with Gasteiger partial charge in [-0.15, -0.1) is 0 Å². The summed E-state index contributed by atoms with van der Waals surface area (Å²) < 4.78 is 45.2. The summed E-state index contributed by atoms with van der Waals surface area (Å²) >= 11 is 0. The summed E-state index contributed by atoms with van der Waals surface area (Å²) in [6.07, 6.45) is -3.47. The second-order valence-electron chi connectivity index (χ2n) is 4.25. The van der Waals surface area contributed by atoms with E-state index in [1.54, 1.807) is 0 Å². The first-order valence-corrected chi connectivity index (χ1v) is 6.01. The molecule has 0 aliphatic carbocycles.